The first kappa shape index (κ1) is 12.6. The number of hydrogen-bond acceptors (Lipinski definition) is 5. The molecule has 0 heterocycles. The Labute approximate surface area is 96.2 Å². The maximum absolute atomic E-state index is 10.8. The number of carbonyl (C=O) groups is 1. The van der Waals surface area contributed by atoms with Crippen LogP contribution in [0.1, 0.15) is 10.4 Å². The number of methoxy groups -OCH3 is 1. The lowest BCUT2D eigenvalue weighted by molar-refractivity contribution is 0.0692. The second kappa shape index (κ2) is 5.06. The van der Waals surface area contributed by atoms with Crippen molar-refractivity contribution in [2.24, 2.45) is 0 Å². The molecule has 1 aromatic carbocycles. The van der Waals surface area contributed by atoms with Crippen LogP contribution >= 0.6 is 11.6 Å². The molecule has 1 aromatic rings. The highest BCUT2D eigenvalue weighted by Crippen LogP contribution is 2.32. The topological polar surface area (TPSA) is 96.2 Å². The predicted octanol–water partition coefficient (Wildman–Crippen LogP) is 0.395. The molecule has 0 spiro atoms. The van der Waals surface area contributed by atoms with E-state index in [0.717, 1.165) is 6.07 Å². The lowest BCUT2D eigenvalue weighted by atomic mass is 10.1. The molecule has 0 bridgehead atoms. The summed E-state index contributed by atoms with van der Waals surface area (Å²) >= 11 is 5.71. The minimum Gasteiger partial charge on any atom is -0.511 e. The highest BCUT2D eigenvalue weighted by atomic mass is 35.5. The summed E-state index contributed by atoms with van der Waals surface area (Å²) in [5, 5.41) is 26.0. The molecule has 1 rings (SSSR count). The fraction of sp³-hybridized carbons (Fsp3) is 0.125. The second-order valence-corrected chi connectivity index (χ2v) is 3.14. The number of ether oxygens (including phenoxy) is 1. The Balaban J connectivity index is 3.22. The predicted molar refractivity (Wildman–Crippen MR) is 55.8 cm³/mol. The Hall–Kier alpha value is -1.44. The van der Waals surface area contributed by atoms with Crippen LogP contribution in [-0.4, -0.2) is 35.6 Å². The van der Waals surface area contributed by atoms with Crippen molar-refractivity contribution in [3.05, 3.63) is 22.7 Å². The van der Waals surface area contributed by atoms with Gasteiger partial charge in [-0.3, -0.25) is 0 Å². The van der Waals surface area contributed by atoms with Crippen LogP contribution in [0.3, 0.4) is 0 Å². The number of halogens is 1. The van der Waals surface area contributed by atoms with Crippen LogP contribution in [0.2, 0.25) is 5.02 Å². The Morgan fingerprint density at radius 1 is 1.38 bits per heavy atom. The zero-order chi connectivity index (χ0) is 12.3. The van der Waals surface area contributed by atoms with E-state index in [1.807, 2.05) is 0 Å². The van der Waals surface area contributed by atoms with Gasteiger partial charge in [-0.1, -0.05) is 11.6 Å². The SMILES string of the molecule is COc1cc(Cl)c(OB(O)O)cc1C(=O)O. The first-order chi connectivity index (χ1) is 7.45. The number of carboxylic acids is 1. The van der Waals surface area contributed by atoms with E-state index in [2.05, 4.69) is 4.65 Å². The van der Waals surface area contributed by atoms with Crippen LogP contribution in [-0.2, 0) is 0 Å². The highest BCUT2D eigenvalue weighted by molar-refractivity contribution is 6.36. The average Bonchev–Trinajstić information content (AvgIpc) is 2.19. The Morgan fingerprint density at radius 3 is 2.44 bits per heavy atom. The summed E-state index contributed by atoms with van der Waals surface area (Å²) in [6.07, 6.45) is 0. The molecule has 3 N–H and O–H groups in total. The maximum atomic E-state index is 10.8. The molecule has 0 saturated heterocycles. The summed E-state index contributed by atoms with van der Waals surface area (Å²) in [5.41, 5.74) is -0.192. The van der Waals surface area contributed by atoms with Gasteiger partial charge in [0.1, 0.15) is 17.1 Å². The van der Waals surface area contributed by atoms with Crippen molar-refractivity contribution >= 4 is 24.9 Å². The first-order valence-electron chi connectivity index (χ1n) is 4.09. The maximum Gasteiger partial charge on any atom is 0.707 e. The number of rotatable bonds is 4. The van der Waals surface area contributed by atoms with Crippen molar-refractivity contribution in [1.82, 2.24) is 0 Å². The van der Waals surface area contributed by atoms with Gasteiger partial charge in [0.2, 0.25) is 0 Å². The average molecular weight is 246 g/mol. The van der Waals surface area contributed by atoms with Crippen molar-refractivity contribution in [2.75, 3.05) is 7.11 Å². The fourth-order valence-corrected chi connectivity index (χ4v) is 1.27. The smallest absolute Gasteiger partial charge is 0.511 e. The molecule has 6 nitrogen and oxygen atoms in total. The zero-order valence-electron chi connectivity index (χ0n) is 8.18. The molecule has 0 aliphatic heterocycles. The normalized spacial score (nSPS) is 9.75. The van der Waals surface area contributed by atoms with Crippen molar-refractivity contribution in [1.29, 1.82) is 0 Å². The van der Waals surface area contributed by atoms with E-state index in [1.54, 1.807) is 0 Å². The lowest BCUT2D eigenvalue weighted by Crippen LogP contribution is -2.21. The number of hydrogen-bond donors (Lipinski definition) is 3. The molecule has 0 saturated carbocycles. The minimum atomic E-state index is -2.08. The quantitative estimate of drug-likeness (QED) is 0.665. The summed E-state index contributed by atoms with van der Waals surface area (Å²) < 4.78 is 9.30. The van der Waals surface area contributed by atoms with Gasteiger partial charge >= 0.3 is 13.3 Å². The molecule has 0 atom stereocenters. The van der Waals surface area contributed by atoms with Crippen LogP contribution in [0.25, 0.3) is 0 Å². The Morgan fingerprint density at radius 2 is 2.00 bits per heavy atom. The number of carboxylic acid groups (broad SMARTS) is 1. The zero-order valence-corrected chi connectivity index (χ0v) is 8.93. The van der Waals surface area contributed by atoms with Crippen LogP contribution in [0, 0.1) is 0 Å². The molecule has 0 aromatic heterocycles. The van der Waals surface area contributed by atoms with Crippen LogP contribution in [0.5, 0.6) is 11.5 Å². The number of benzene rings is 1. The van der Waals surface area contributed by atoms with E-state index in [-0.39, 0.29) is 22.1 Å². The molecule has 8 heteroatoms. The Kier molecular flexibility index (Phi) is 4.00. The first-order valence-corrected chi connectivity index (χ1v) is 4.47. The number of aromatic carboxylic acids is 1. The molecule has 0 aliphatic rings. The van der Waals surface area contributed by atoms with E-state index >= 15 is 0 Å². The van der Waals surface area contributed by atoms with Crippen molar-refractivity contribution < 1.29 is 29.3 Å². The van der Waals surface area contributed by atoms with Gasteiger partial charge in [0.15, 0.2) is 0 Å². The minimum absolute atomic E-state index is 0.00921. The molecule has 0 amide bonds. The van der Waals surface area contributed by atoms with Crippen LogP contribution in [0.15, 0.2) is 12.1 Å². The van der Waals surface area contributed by atoms with Gasteiger partial charge in [-0.25, -0.2) is 4.79 Å². The molecular formula is C8H8BClO6. The van der Waals surface area contributed by atoms with E-state index in [9.17, 15) is 4.79 Å². The standard InChI is InChI=1S/C8H8BClO6/c1-15-6-3-5(10)7(16-9(13)14)2-4(6)8(11)12/h2-3,13-14H,1H3,(H,11,12). The summed E-state index contributed by atoms with van der Waals surface area (Å²) in [5.74, 6) is -1.35. The van der Waals surface area contributed by atoms with Gasteiger partial charge in [-0.15, -0.1) is 0 Å². The van der Waals surface area contributed by atoms with Crippen molar-refractivity contribution in [3.63, 3.8) is 0 Å². The van der Waals surface area contributed by atoms with E-state index in [0.29, 0.717) is 0 Å². The van der Waals surface area contributed by atoms with Crippen LogP contribution < -0.4 is 9.39 Å². The van der Waals surface area contributed by atoms with Crippen LogP contribution in [0.4, 0.5) is 0 Å². The molecule has 16 heavy (non-hydrogen) atoms. The molecule has 86 valence electrons. The van der Waals surface area contributed by atoms with Crippen molar-refractivity contribution in [2.45, 2.75) is 0 Å². The van der Waals surface area contributed by atoms with E-state index in [1.165, 1.54) is 13.2 Å². The molecule has 0 aliphatic carbocycles. The summed E-state index contributed by atoms with van der Waals surface area (Å²) in [6.45, 7) is 0. The third kappa shape index (κ3) is 2.78. The molecule has 0 fully saturated rings. The second-order valence-electron chi connectivity index (χ2n) is 2.73. The van der Waals surface area contributed by atoms with Crippen molar-refractivity contribution in [3.8, 4) is 11.5 Å². The highest BCUT2D eigenvalue weighted by Gasteiger charge is 2.19. The van der Waals surface area contributed by atoms with Gasteiger partial charge < -0.3 is 24.5 Å². The van der Waals surface area contributed by atoms with Gasteiger partial charge in [0.05, 0.1) is 12.1 Å². The Bertz CT molecular complexity index is 408. The largest absolute Gasteiger partial charge is 0.707 e. The van der Waals surface area contributed by atoms with Gasteiger partial charge in [-0.05, 0) is 6.07 Å². The molecular weight excluding hydrogens is 238 g/mol. The fourth-order valence-electron chi connectivity index (χ4n) is 1.08. The third-order valence-corrected chi connectivity index (χ3v) is 2.01. The van der Waals surface area contributed by atoms with E-state index < -0.39 is 13.3 Å². The lowest BCUT2D eigenvalue weighted by Gasteiger charge is -2.11. The van der Waals surface area contributed by atoms with Gasteiger partial charge in [0, 0.05) is 6.07 Å². The third-order valence-electron chi connectivity index (χ3n) is 1.72. The summed E-state index contributed by atoms with van der Waals surface area (Å²) in [4.78, 5) is 10.8. The monoisotopic (exact) mass is 246 g/mol. The summed E-state index contributed by atoms with van der Waals surface area (Å²) in [7, 11) is -0.785. The van der Waals surface area contributed by atoms with Gasteiger partial charge in [0.25, 0.3) is 0 Å². The van der Waals surface area contributed by atoms with Gasteiger partial charge in [-0.2, -0.15) is 0 Å². The van der Waals surface area contributed by atoms with E-state index in [4.69, 9.17) is 31.5 Å². The molecule has 0 unspecified atom stereocenters. The summed E-state index contributed by atoms with van der Waals surface area (Å²) in [6, 6.07) is 2.26. The molecule has 0 radical (unpaired) electrons.